The van der Waals surface area contributed by atoms with Crippen molar-refractivity contribution in [3.05, 3.63) is 76.8 Å². The first kappa shape index (κ1) is 16.8. The van der Waals surface area contributed by atoms with Gasteiger partial charge >= 0.3 is 0 Å². The molecular weight excluding hydrogens is 360 g/mol. The van der Waals surface area contributed by atoms with Crippen molar-refractivity contribution in [3.8, 4) is 0 Å². The summed E-state index contributed by atoms with van der Waals surface area (Å²) in [6, 6.07) is 16.9. The van der Waals surface area contributed by atoms with E-state index in [1.165, 1.54) is 6.08 Å². The Morgan fingerprint density at radius 1 is 1.17 bits per heavy atom. The molecule has 1 amide bonds. The Balaban J connectivity index is 1.59. The Bertz CT molecular complexity index is 862. The van der Waals surface area contributed by atoms with Crippen molar-refractivity contribution >= 4 is 52.4 Å². The van der Waals surface area contributed by atoms with Crippen LogP contribution >= 0.6 is 34.7 Å². The van der Waals surface area contributed by atoms with Gasteiger partial charge in [-0.15, -0.1) is 11.3 Å². The minimum atomic E-state index is -0.190. The van der Waals surface area contributed by atoms with Gasteiger partial charge in [-0.1, -0.05) is 35.5 Å². The third kappa shape index (κ3) is 4.96. The molecule has 3 aromatic rings. The molecule has 2 heterocycles. The van der Waals surface area contributed by atoms with E-state index in [9.17, 15) is 4.79 Å². The lowest BCUT2D eigenvalue weighted by molar-refractivity contribution is -0.111. The number of pyridine rings is 1. The number of hydrogen-bond donors (Lipinski definition) is 1. The number of anilines is 1. The van der Waals surface area contributed by atoms with Gasteiger partial charge in [0.15, 0.2) is 0 Å². The number of nitrogens with one attached hydrogen (secondary N) is 1. The van der Waals surface area contributed by atoms with Crippen LogP contribution < -0.4 is 5.32 Å². The predicted molar refractivity (Wildman–Crippen MR) is 102 cm³/mol. The first-order valence-corrected chi connectivity index (χ1v) is 9.13. The normalized spacial score (nSPS) is 10.9. The molecule has 0 bridgehead atoms. The zero-order valence-corrected chi connectivity index (χ0v) is 14.9. The first-order valence-electron chi connectivity index (χ1n) is 7.12. The maximum absolute atomic E-state index is 11.9. The minimum Gasteiger partial charge on any atom is -0.322 e. The highest BCUT2D eigenvalue weighted by Crippen LogP contribution is 2.32. The van der Waals surface area contributed by atoms with Gasteiger partial charge in [0, 0.05) is 27.9 Å². The van der Waals surface area contributed by atoms with Gasteiger partial charge in [-0.25, -0.2) is 4.98 Å². The number of carbonyl (C=O) groups is 1. The third-order valence-corrected chi connectivity index (χ3v) is 5.30. The summed E-state index contributed by atoms with van der Waals surface area (Å²) < 4.78 is 1.13. The maximum Gasteiger partial charge on any atom is 0.248 e. The van der Waals surface area contributed by atoms with Crippen LogP contribution in [0.25, 0.3) is 6.08 Å². The molecule has 0 atom stereocenters. The largest absolute Gasteiger partial charge is 0.322 e. The standard InChI is InChI=1S/C18H13ClN2OS2/c19-13-4-3-5-14(12-13)21-16(22)9-7-15-8-10-18(23-15)24-17-6-1-2-11-20-17/h1-12H,(H,21,22)/b9-7+. The van der Waals surface area contributed by atoms with Crippen LogP contribution in [0.2, 0.25) is 5.02 Å². The van der Waals surface area contributed by atoms with Crippen LogP contribution in [0.4, 0.5) is 5.69 Å². The van der Waals surface area contributed by atoms with Crippen LogP contribution in [0.1, 0.15) is 4.88 Å². The summed E-state index contributed by atoms with van der Waals surface area (Å²) in [6.07, 6.45) is 5.09. The quantitative estimate of drug-likeness (QED) is 0.593. The fraction of sp³-hybridized carbons (Fsp3) is 0. The number of hydrogen-bond acceptors (Lipinski definition) is 4. The molecule has 6 heteroatoms. The number of thiophene rings is 1. The van der Waals surface area contributed by atoms with Crippen molar-refractivity contribution in [2.24, 2.45) is 0 Å². The van der Waals surface area contributed by atoms with Gasteiger partial charge in [-0.2, -0.15) is 0 Å². The molecule has 0 aliphatic carbocycles. The number of benzene rings is 1. The van der Waals surface area contributed by atoms with E-state index >= 15 is 0 Å². The van der Waals surface area contributed by atoms with Gasteiger partial charge in [0.05, 0.1) is 4.21 Å². The summed E-state index contributed by atoms with van der Waals surface area (Å²) in [6.45, 7) is 0. The van der Waals surface area contributed by atoms with Crippen LogP contribution in [-0.4, -0.2) is 10.9 Å². The lowest BCUT2D eigenvalue weighted by atomic mass is 10.3. The van der Waals surface area contributed by atoms with Crippen molar-refractivity contribution in [1.29, 1.82) is 0 Å². The number of nitrogens with zero attached hydrogens (tertiary/aromatic N) is 1. The van der Waals surface area contributed by atoms with Crippen molar-refractivity contribution in [1.82, 2.24) is 4.98 Å². The molecule has 0 fully saturated rings. The second kappa shape index (κ2) is 8.15. The highest BCUT2D eigenvalue weighted by Gasteiger charge is 2.03. The van der Waals surface area contributed by atoms with Crippen LogP contribution in [0.5, 0.6) is 0 Å². The predicted octanol–water partition coefficient (Wildman–Crippen LogP) is 5.60. The second-order valence-electron chi connectivity index (χ2n) is 4.76. The molecule has 2 aromatic heterocycles. The SMILES string of the molecule is O=C(/C=C/c1ccc(Sc2ccccn2)s1)Nc1cccc(Cl)c1. The van der Waals surface area contributed by atoms with E-state index in [0.717, 1.165) is 14.1 Å². The molecule has 0 spiro atoms. The van der Waals surface area contributed by atoms with Crippen molar-refractivity contribution in [2.75, 3.05) is 5.32 Å². The van der Waals surface area contributed by atoms with Crippen LogP contribution in [0.3, 0.4) is 0 Å². The van der Waals surface area contributed by atoms with Crippen molar-refractivity contribution in [2.45, 2.75) is 9.24 Å². The van der Waals surface area contributed by atoms with E-state index in [2.05, 4.69) is 10.3 Å². The smallest absolute Gasteiger partial charge is 0.248 e. The van der Waals surface area contributed by atoms with E-state index in [-0.39, 0.29) is 5.91 Å². The van der Waals surface area contributed by atoms with E-state index < -0.39 is 0 Å². The summed E-state index contributed by atoms with van der Waals surface area (Å²) in [5.74, 6) is -0.190. The van der Waals surface area contributed by atoms with E-state index in [1.54, 1.807) is 59.6 Å². The summed E-state index contributed by atoms with van der Waals surface area (Å²) in [4.78, 5) is 17.2. The van der Waals surface area contributed by atoms with E-state index in [0.29, 0.717) is 10.7 Å². The maximum atomic E-state index is 11.9. The molecule has 0 aliphatic heterocycles. The average Bonchev–Trinajstić information content (AvgIpc) is 3.01. The molecule has 3 nitrogen and oxygen atoms in total. The van der Waals surface area contributed by atoms with Gasteiger partial charge < -0.3 is 5.32 Å². The summed E-state index contributed by atoms with van der Waals surface area (Å²) in [5, 5.41) is 4.32. The summed E-state index contributed by atoms with van der Waals surface area (Å²) in [7, 11) is 0. The topological polar surface area (TPSA) is 42.0 Å². The van der Waals surface area contributed by atoms with Crippen LogP contribution in [0, 0.1) is 0 Å². The van der Waals surface area contributed by atoms with E-state index in [1.807, 2.05) is 30.3 Å². The zero-order chi connectivity index (χ0) is 16.8. The molecule has 1 aromatic carbocycles. The molecule has 120 valence electrons. The Labute approximate surface area is 153 Å². The monoisotopic (exact) mass is 372 g/mol. The van der Waals surface area contributed by atoms with Crippen molar-refractivity contribution in [3.63, 3.8) is 0 Å². The lowest BCUT2D eigenvalue weighted by Crippen LogP contribution is -2.07. The van der Waals surface area contributed by atoms with Gasteiger partial charge in [0.1, 0.15) is 5.03 Å². The number of amides is 1. The molecule has 0 aliphatic rings. The number of carbonyl (C=O) groups excluding carboxylic acids is 1. The van der Waals surface area contributed by atoms with Crippen LogP contribution in [0.15, 0.2) is 76.1 Å². The molecule has 1 N–H and O–H groups in total. The lowest BCUT2D eigenvalue weighted by Gasteiger charge is -2.01. The van der Waals surface area contributed by atoms with Gasteiger partial charge in [0.25, 0.3) is 0 Å². The highest BCUT2D eigenvalue weighted by atomic mass is 35.5. The molecule has 0 unspecified atom stereocenters. The van der Waals surface area contributed by atoms with Gasteiger partial charge in [-0.3, -0.25) is 4.79 Å². The zero-order valence-electron chi connectivity index (χ0n) is 12.5. The van der Waals surface area contributed by atoms with Gasteiger partial charge in [0.2, 0.25) is 5.91 Å². The molecule has 0 saturated carbocycles. The summed E-state index contributed by atoms with van der Waals surface area (Å²) in [5.41, 5.74) is 0.676. The first-order chi connectivity index (χ1) is 11.7. The third-order valence-electron chi connectivity index (χ3n) is 2.94. The second-order valence-corrected chi connectivity index (χ2v) is 7.63. The Morgan fingerprint density at radius 2 is 2.08 bits per heavy atom. The fourth-order valence-corrected chi connectivity index (χ4v) is 4.04. The van der Waals surface area contributed by atoms with E-state index in [4.69, 9.17) is 11.6 Å². The van der Waals surface area contributed by atoms with Crippen molar-refractivity contribution < 1.29 is 4.79 Å². The average molecular weight is 373 g/mol. The minimum absolute atomic E-state index is 0.190. The number of aromatic nitrogens is 1. The fourth-order valence-electron chi connectivity index (χ4n) is 1.90. The number of rotatable bonds is 5. The highest BCUT2D eigenvalue weighted by molar-refractivity contribution is 8.01. The molecule has 0 radical (unpaired) electrons. The molecule has 3 rings (SSSR count). The Hall–Kier alpha value is -2.08. The van der Waals surface area contributed by atoms with Gasteiger partial charge in [-0.05, 0) is 48.5 Å². The molecule has 24 heavy (non-hydrogen) atoms. The molecule has 0 saturated heterocycles. The van der Waals surface area contributed by atoms with Crippen LogP contribution in [-0.2, 0) is 4.79 Å². The Morgan fingerprint density at radius 3 is 2.88 bits per heavy atom. The summed E-state index contributed by atoms with van der Waals surface area (Å²) >= 11 is 9.11. The number of halogens is 1. The Kier molecular flexibility index (Phi) is 5.69. The molecular formula is C18H13ClN2OS2.